The standard InChI is InChI=1S/C34H41N3O5S/c1-20(2)29-31-21(3)25(22(4)36(31)33(29)39)19-42-26-9-6-10-27-30(26)24-8-5-7-23(32(24)43(27,40)41)17-34-11-14-37(15-12-34,16-13-34)18-28(35)38/h5-10,20-21,29,31H,11-19H2,1-4H3,(H-,35,38)/p+1/t21-,29?,31?,34?,37?/m0/s1. The van der Waals surface area contributed by atoms with E-state index >= 15 is 0 Å². The number of quaternary nitrogens is 1. The SMILES string of the molecule is CC1=C(COc2cccc3c2-c2cccc(CC45CC[N+](CC(N)=O)(CC4)CC5)c2S3(=O)=O)[C@H](C)C2C(C(C)C)C(=O)N12. The second-order valence-corrected chi connectivity index (χ2v) is 16.0. The molecule has 4 fully saturated rings. The van der Waals surface area contributed by atoms with Crippen molar-refractivity contribution >= 4 is 21.7 Å². The number of sulfone groups is 1. The molecule has 228 valence electrons. The highest BCUT2D eigenvalue weighted by Crippen LogP contribution is 2.53. The van der Waals surface area contributed by atoms with Crippen molar-refractivity contribution in [1.82, 2.24) is 4.90 Å². The van der Waals surface area contributed by atoms with Crippen LogP contribution in [0.2, 0.25) is 0 Å². The van der Waals surface area contributed by atoms with Gasteiger partial charge < -0.3 is 19.9 Å². The Bertz CT molecular complexity index is 1670. The molecule has 0 spiro atoms. The number of carbonyl (C=O) groups excluding carboxylic acids is 2. The van der Waals surface area contributed by atoms with Crippen LogP contribution in [0.5, 0.6) is 5.75 Å². The smallest absolute Gasteiger partial charge is 0.272 e. The quantitative estimate of drug-likeness (QED) is 0.305. The minimum atomic E-state index is -3.72. The average molecular weight is 605 g/mol. The van der Waals surface area contributed by atoms with Gasteiger partial charge in [-0.05, 0) is 47.9 Å². The number of nitrogens with two attached hydrogens (primary N) is 1. The van der Waals surface area contributed by atoms with Crippen molar-refractivity contribution < 1.29 is 27.2 Å². The molecule has 4 saturated heterocycles. The third kappa shape index (κ3) is 4.14. The van der Waals surface area contributed by atoms with Crippen LogP contribution in [-0.2, 0) is 25.8 Å². The first-order valence-electron chi connectivity index (χ1n) is 15.7. The fourth-order valence-corrected chi connectivity index (χ4v) is 11.0. The highest BCUT2D eigenvalue weighted by atomic mass is 32.2. The van der Waals surface area contributed by atoms with Crippen LogP contribution in [0.25, 0.3) is 11.1 Å². The number of hydrogen-bond acceptors (Lipinski definition) is 5. The van der Waals surface area contributed by atoms with E-state index in [1.54, 1.807) is 12.1 Å². The van der Waals surface area contributed by atoms with E-state index in [2.05, 4.69) is 20.8 Å². The molecule has 2 N–H and O–H groups in total. The lowest BCUT2D eigenvalue weighted by Gasteiger charge is -2.54. The minimum Gasteiger partial charge on any atom is -0.488 e. The Hall–Kier alpha value is -3.17. The number of nitrogens with zero attached hydrogens (tertiary/aromatic N) is 2. The molecule has 2 amide bonds. The second kappa shape index (κ2) is 9.66. The van der Waals surface area contributed by atoms with Crippen LogP contribution in [0.15, 0.2) is 57.5 Å². The maximum Gasteiger partial charge on any atom is 0.272 e. The summed E-state index contributed by atoms with van der Waals surface area (Å²) in [6.45, 7) is 11.8. The summed E-state index contributed by atoms with van der Waals surface area (Å²) in [6.07, 6.45) is 3.62. The Morgan fingerprint density at radius 3 is 2.44 bits per heavy atom. The molecule has 0 saturated carbocycles. The number of piperidine rings is 3. The van der Waals surface area contributed by atoms with Gasteiger partial charge in [0.2, 0.25) is 15.7 Å². The molecule has 6 aliphatic rings. The number of ether oxygens (including phenoxy) is 1. The third-order valence-electron chi connectivity index (χ3n) is 11.5. The lowest BCUT2D eigenvalue weighted by Crippen LogP contribution is -2.64. The monoisotopic (exact) mass is 604 g/mol. The van der Waals surface area contributed by atoms with Gasteiger partial charge in [0, 0.05) is 42.0 Å². The third-order valence-corrected chi connectivity index (χ3v) is 13.4. The van der Waals surface area contributed by atoms with Crippen molar-refractivity contribution in [1.29, 1.82) is 0 Å². The van der Waals surface area contributed by atoms with Gasteiger partial charge in [-0.3, -0.25) is 9.59 Å². The molecule has 3 atom stereocenters. The summed E-state index contributed by atoms with van der Waals surface area (Å²) in [5, 5.41) is 0. The number of β-lactam (4-membered cyclic amide) rings is 1. The molecule has 2 aromatic carbocycles. The van der Waals surface area contributed by atoms with Crippen molar-refractivity contribution in [3.63, 3.8) is 0 Å². The Morgan fingerprint density at radius 1 is 1.12 bits per heavy atom. The van der Waals surface area contributed by atoms with Crippen LogP contribution in [0, 0.1) is 23.2 Å². The van der Waals surface area contributed by atoms with E-state index in [0.29, 0.717) is 46.2 Å². The Morgan fingerprint density at radius 2 is 1.79 bits per heavy atom. The van der Waals surface area contributed by atoms with Gasteiger partial charge in [0.1, 0.15) is 12.4 Å². The number of carbonyl (C=O) groups is 2. The van der Waals surface area contributed by atoms with Crippen LogP contribution in [0.4, 0.5) is 0 Å². The molecule has 0 aromatic heterocycles. The molecule has 2 aromatic rings. The number of amides is 2. The highest BCUT2D eigenvalue weighted by Gasteiger charge is 2.56. The molecule has 43 heavy (non-hydrogen) atoms. The zero-order valence-corrected chi connectivity index (χ0v) is 26.4. The van der Waals surface area contributed by atoms with Gasteiger partial charge in [-0.2, -0.15) is 0 Å². The van der Waals surface area contributed by atoms with Crippen LogP contribution in [0.3, 0.4) is 0 Å². The number of rotatable bonds is 8. The molecule has 8 rings (SSSR count). The summed E-state index contributed by atoms with van der Waals surface area (Å²) in [7, 11) is -3.72. The van der Waals surface area contributed by atoms with Gasteiger partial charge in [0.25, 0.3) is 5.91 Å². The highest BCUT2D eigenvalue weighted by molar-refractivity contribution is 7.92. The minimum absolute atomic E-state index is 0.0326. The number of primary amides is 1. The van der Waals surface area contributed by atoms with Crippen molar-refractivity contribution in [2.75, 3.05) is 32.8 Å². The molecule has 9 heteroatoms. The molecule has 2 unspecified atom stereocenters. The maximum atomic E-state index is 14.1. The van der Waals surface area contributed by atoms with Crippen LogP contribution in [0.1, 0.15) is 52.5 Å². The zero-order valence-electron chi connectivity index (χ0n) is 25.6. The van der Waals surface area contributed by atoms with Crippen molar-refractivity contribution in [3.05, 3.63) is 53.2 Å². The molecule has 0 radical (unpaired) electrons. The lowest BCUT2D eigenvalue weighted by molar-refractivity contribution is -0.938. The molecular weight excluding hydrogens is 562 g/mol. The van der Waals surface area contributed by atoms with Gasteiger partial charge in [-0.25, -0.2) is 8.42 Å². The van der Waals surface area contributed by atoms with E-state index in [0.717, 1.165) is 60.2 Å². The Labute approximate surface area is 254 Å². The van der Waals surface area contributed by atoms with Gasteiger partial charge in [0.05, 0.1) is 41.4 Å². The summed E-state index contributed by atoms with van der Waals surface area (Å²) in [4.78, 5) is 27.2. The van der Waals surface area contributed by atoms with Gasteiger partial charge in [-0.15, -0.1) is 0 Å². The molecule has 0 aliphatic carbocycles. The summed E-state index contributed by atoms with van der Waals surface area (Å²) in [5.74, 6) is 1.02. The number of fused-ring (bicyclic) bond motifs is 7. The fraction of sp³-hybridized carbons (Fsp3) is 0.529. The van der Waals surface area contributed by atoms with Crippen molar-refractivity contribution in [2.45, 2.75) is 69.2 Å². The number of allylic oxidation sites excluding steroid dienone is 1. The fourth-order valence-electron chi connectivity index (χ4n) is 9.06. The van der Waals surface area contributed by atoms with Crippen molar-refractivity contribution in [3.8, 4) is 16.9 Å². The lowest BCUT2D eigenvalue weighted by atomic mass is 9.67. The van der Waals surface area contributed by atoms with E-state index in [1.165, 1.54) is 0 Å². The van der Waals surface area contributed by atoms with E-state index < -0.39 is 9.84 Å². The summed E-state index contributed by atoms with van der Waals surface area (Å²) >= 11 is 0. The second-order valence-electron chi connectivity index (χ2n) is 14.1. The van der Waals surface area contributed by atoms with E-state index in [4.69, 9.17) is 10.5 Å². The Balaban J connectivity index is 1.17. The number of hydrogen-bond donors (Lipinski definition) is 1. The predicted octanol–water partition coefficient (Wildman–Crippen LogP) is 4.31. The molecule has 6 heterocycles. The van der Waals surface area contributed by atoms with Gasteiger partial charge in [0.15, 0.2) is 6.54 Å². The van der Waals surface area contributed by atoms with Gasteiger partial charge in [-0.1, -0.05) is 45.0 Å². The first kappa shape index (κ1) is 28.6. The summed E-state index contributed by atoms with van der Waals surface area (Å²) in [6, 6.07) is 11.3. The predicted molar refractivity (Wildman–Crippen MR) is 163 cm³/mol. The average Bonchev–Trinajstić information content (AvgIpc) is 3.32. The largest absolute Gasteiger partial charge is 0.488 e. The van der Waals surface area contributed by atoms with Crippen LogP contribution < -0.4 is 10.5 Å². The first-order chi connectivity index (χ1) is 20.4. The summed E-state index contributed by atoms with van der Waals surface area (Å²) in [5.41, 5.74) is 9.92. The normalized spacial score (nSPS) is 31.6. The van der Waals surface area contributed by atoms with Crippen LogP contribution >= 0.6 is 0 Å². The Kier molecular flexibility index (Phi) is 6.43. The number of benzene rings is 2. The van der Waals surface area contributed by atoms with E-state index in [9.17, 15) is 18.0 Å². The van der Waals surface area contributed by atoms with Crippen LogP contribution in [-0.4, -0.2) is 68.4 Å². The molecule has 2 bridgehead atoms. The molecule has 6 aliphatic heterocycles. The van der Waals surface area contributed by atoms with Crippen molar-refractivity contribution in [2.24, 2.45) is 28.9 Å². The molecule has 8 nitrogen and oxygen atoms in total. The van der Waals surface area contributed by atoms with E-state index in [1.807, 2.05) is 36.1 Å². The topological polar surface area (TPSA) is 107 Å². The van der Waals surface area contributed by atoms with E-state index in [-0.39, 0.29) is 41.0 Å². The maximum absolute atomic E-state index is 14.1. The zero-order chi connectivity index (χ0) is 30.5. The summed E-state index contributed by atoms with van der Waals surface area (Å²) < 4.78 is 35.4. The first-order valence-corrected chi connectivity index (χ1v) is 17.2. The molecular formula is C34H42N3O5S+. The van der Waals surface area contributed by atoms with Gasteiger partial charge >= 0.3 is 0 Å².